The van der Waals surface area contributed by atoms with Crippen LogP contribution in [0.25, 0.3) is 0 Å². The van der Waals surface area contributed by atoms with Gasteiger partial charge >= 0.3 is 5.97 Å². The van der Waals surface area contributed by atoms with Crippen molar-refractivity contribution in [2.24, 2.45) is 5.92 Å². The first kappa shape index (κ1) is 16.2. The van der Waals surface area contributed by atoms with E-state index in [4.69, 9.17) is 4.84 Å². The summed E-state index contributed by atoms with van der Waals surface area (Å²) in [6.07, 6.45) is 1.96. The lowest BCUT2D eigenvalue weighted by Gasteiger charge is -2.28. The molecule has 3 heterocycles. The molecule has 2 bridgehead atoms. The molecule has 0 radical (unpaired) electrons. The number of rotatable bonds is 3. The van der Waals surface area contributed by atoms with Gasteiger partial charge in [-0.1, -0.05) is 12.1 Å². The zero-order chi connectivity index (χ0) is 17.7. The monoisotopic (exact) mass is 346 g/mol. The highest BCUT2D eigenvalue weighted by Gasteiger charge is 2.56. The number of nitrogens with zero attached hydrogens (tertiary/aromatic N) is 2. The van der Waals surface area contributed by atoms with Crippen LogP contribution < -0.4 is 0 Å². The molecule has 25 heavy (non-hydrogen) atoms. The van der Waals surface area contributed by atoms with Gasteiger partial charge in [-0.25, -0.2) is 9.18 Å². The first-order chi connectivity index (χ1) is 12.0. The summed E-state index contributed by atoms with van der Waals surface area (Å²) in [6, 6.07) is 6.33. The van der Waals surface area contributed by atoms with Crippen LogP contribution in [0.2, 0.25) is 0 Å². The Morgan fingerprint density at radius 1 is 1.08 bits per heavy atom. The van der Waals surface area contributed by atoms with E-state index in [9.17, 15) is 18.8 Å². The minimum Gasteiger partial charge on any atom is -0.330 e. The van der Waals surface area contributed by atoms with Gasteiger partial charge < -0.3 is 4.84 Å². The molecule has 0 saturated carbocycles. The molecule has 6 nitrogen and oxygen atoms in total. The largest absolute Gasteiger partial charge is 0.338 e. The van der Waals surface area contributed by atoms with Crippen molar-refractivity contribution in [3.63, 3.8) is 0 Å². The Morgan fingerprint density at radius 3 is 2.32 bits per heavy atom. The number of amides is 2. The Hall–Kier alpha value is -2.28. The highest BCUT2D eigenvalue weighted by Crippen LogP contribution is 2.50. The molecule has 3 aliphatic heterocycles. The average molecular weight is 346 g/mol. The van der Waals surface area contributed by atoms with Gasteiger partial charge in [0.2, 0.25) is 0 Å². The van der Waals surface area contributed by atoms with Crippen LogP contribution in [0.5, 0.6) is 0 Å². The van der Waals surface area contributed by atoms with E-state index in [2.05, 4.69) is 4.90 Å². The van der Waals surface area contributed by atoms with Crippen LogP contribution in [-0.4, -0.2) is 46.9 Å². The smallest absolute Gasteiger partial charge is 0.330 e. The number of fused-ring (bicyclic) bond motifs is 2. The minimum absolute atomic E-state index is 0.000334. The summed E-state index contributed by atoms with van der Waals surface area (Å²) in [7, 11) is 1.97. The lowest BCUT2D eigenvalue weighted by Crippen LogP contribution is -2.40. The zero-order valence-corrected chi connectivity index (χ0v) is 13.9. The van der Waals surface area contributed by atoms with Gasteiger partial charge in [-0.3, -0.25) is 14.5 Å². The van der Waals surface area contributed by atoms with E-state index in [0.717, 1.165) is 18.4 Å². The van der Waals surface area contributed by atoms with E-state index >= 15 is 0 Å². The van der Waals surface area contributed by atoms with Gasteiger partial charge in [0.05, 0.1) is 5.92 Å². The molecule has 0 aliphatic carbocycles. The lowest BCUT2D eigenvalue weighted by atomic mass is 9.75. The van der Waals surface area contributed by atoms with Crippen molar-refractivity contribution in [2.45, 2.75) is 43.7 Å². The van der Waals surface area contributed by atoms with Gasteiger partial charge in [0.15, 0.2) is 0 Å². The molecule has 1 aromatic carbocycles. The van der Waals surface area contributed by atoms with E-state index in [1.807, 2.05) is 7.05 Å². The molecule has 4 atom stereocenters. The summed E-state index contributed by atoms with van der Waals surface area (Å²) in [5, 5.41) is 0.607. The fourth-order valence-corrected chi connectivity index (χ4v) is 4.57. The Bertz CT molecular complexity index is 719. The molecule has 1 aromatic rings. The first-order valence-electron chi connectivity index (χ1n) is 8.52. The number of carbonyl (C=O) groups is 3. The van der Waals surface area contributed by atoms with Gasteiger partial charge in [-0.2, -0.15) is 0 Å². The lowest BCUT2D eigenvalue weighted by molar-refractivity contribution is -0.201. The molecule has 0 N–H and O–H groups in total. The van der Waals surface area contributed by atoms with E-state index < -0.39 is 23.7 Å². The predicted molar refractivity (Wildman–Crippen MR) is 84.4 cm³/mol. The number of benzene rings is 1. The van der Waals surface area contributed by atoms with E-state index in [0.29, 0.717) is 5.06 Å². The van der Waals surface area contributed by atoms with Gasteiger partial charge in [-0.05, 0) is 37.6 Å². The Kier molecular flexibility index (Phi) is 3.83. The SMILES string of the molecule is CN1C2CC[C@@H]1C(c1ccc(F)cc1)C2C(=O)ON1C(=O)CCC1=O. The molecule has 3 fully saturated rings. The molecule has 0 aromatic heterocycles. The molecule has 3 saturated heterocycles. The van der Waals surface area contributed by atoms with Gasteiger partial charge in [0.25, 0.3) is 11.8 Å². The maximum atomic E-state index is 13.3. The number of hydrogen-bond acceptors (Lipinski definition) is 5. The summed E-state index contributed by atoms with van der Waals surface area (Å²) < 4.78 is 13.3. The van der Waals surface area contributed by atoms with Gasteiger partial charge in [-0.15, -0.1) is 5.06 Å². The van der Waals surface area contributed by atoms with Crippen molar-refractivity contribution in [3.8, 4) is 0 Å². The fourth-order valence-electron chi connectivity index (χ4n) is 4.57. The summed E-state index contributed by atoms with van der Waals surface area (Å²) in [5.74, 6) is -2.45. The third-order valence-corrected chi connectivity index (χ3v) is 5.73. The Labute approximate surface area is 144 Å². The van der Waals surface area contributed by atoms with Gasteiger partial charge in [0.1, 0.15) is 5.82 Å². The second-order valence-corrected chi connectivity index (χ2v) is 6.97. The maximum Gasteiger partial charge on any atom is 0.338 e. The normalized spacial score (nSPS) is 31.8. The third-order valence-electron chi connectivity index (χ3n) is 5.73. The topological polar surface area (TPSA) is 66.9 Å². The van der Waals surface area contributed by atoms with Crippen LogP contribution in [0.4, 0.5) is 4.39 Å². The maximum absolute atomic E-state index is 13.3. The van der Waals surface area contributed by atoms with Crippen molar-refractivity contribution >= 4 is 17.8 Å². The summed E-state index contributed by atoms with van der Waals surface area (Å²) in [4.78, 5) is 43.6. The van der Waals surface area contributed by atoms with Crippen LogP contribution in [0, 0.1) is 11.7 Å². The molecule has 2 amide bonds. The summed E-state index contributed by atoms with van der Waals surface area (Å²) in [6.45, 7) is 0. The van der Waals surface area contributed by atoms with E-state index in [-0.39, 0.29) is 36.7 Å². The minimum atomic E-state index is -0.558. The second-order valence-electron chi connectivity index (χ2n) is 6.97. The fraction of sp³-hybridized carbons (Fsp3) is 0.500. The van der Waals surface area contributed by atoms with Crippen LogP contribution in [0.1, 0.15) is 37.2 Å². The van der Waals surface area contributed by atoms with Crippen LogP contribution >= 0.6 is 0 Å². The Balaban J connectivity index is 1.61. The van der Waals surface area contributed by atoms with Crippen molar-refractivity contribution in [1.29, 1.82) is 0 Å². The number of hydrogen-bond donors (Lipinski definition) is 0. The quantitative estimate of drug-likeness (QED) is 0.778. The molecule has 7 heteroatoms. The first-order valence-corrected chi connectivity index (χ1v) is 8.52. The zero-order valence-electron chi connectivity index (χ0n) is 13.9. The standard InChI is InChI=1S/C18H19FN2O4/c1-20-12-6-7-13(20)17(16(12)10-2-4-11(19)5-3-10)18(24)25-21-14(22)8-9-15(21)23/h2-5,12-13,16-17H,6-9H2,1H3/t12-,13?,16?,17?/m1/s1. The molecule has 132 valence electrons. The summed E-state index contributed by atoms with van der Waals surface area (Å²) >= 11 is 0. The van der Waals surface area contributed by atoms with E-state index in [1.54, 1.807) is 12.1 Å². The number of imide groups is 1. The highest BCUT2D eigenvalue weighted by atomic mass is 19.1. The van der Waals surface area contributed by atoms with E-state index in [1.165, 1.54) is 12.1 Å². The third kappa shape index (κ3) is 2.54. The molecular weight excluding hydrogens is 327 g/mol. The molecule has 0 spiro atoms. The highest BCUT2D eigenvalue weighted by molar-refractivity contribution is 6.01. The molecule has 3 aliphatic rings. The molecule has 3 unspecified atom stereocenters. The van der Waals surface area contributed by atoms with Crippen LogP contribution in [0.15, 0.2) is 24.3 Å². The van der Waals surface area contributed by atoms with Crippen molar-refractivity contribution in [3.05, 3.63) is 35.6 Å². The number of carbonyl (C=O) groups excluding carboxylic acids is 3. The molecule has 4 rings (SSSR count). The number of hydroxylamine groups is 2. The van der Waals surface area contributed by atoms with Crippen molar-refractivity contribution in [1.82, 2.24) is 9.96 Å². The summed E-state index contributed by atoms with van der Waals surface area (Å²) in [5.41, 5.74) is 0.876. The number of halogens is 1. The second kappa shape index (κ2) is 5.91. The average Bonchev–Trinajstić information content (AvgIpc) is 3.21. The Morgan fingerprint density at radius 2 is 1.68 bits per heavy atom. The molecular formula is C18H19FN2O4. The van der Waals surface area contributed by atoms with Gasteiger partial charge in [0, 0.05) is 30.8 Å². The van der Waals surface area contributed by atoms with Crippen LogP contribution in [-0.2, 0) is 19.2 Å². The van der Waals surface area contributed by atoms with Crippen molar-refractivity contribution < 1.29 is 23.6 Å². The predicted octanol–water partition coefficient (Wildman–Crippen LogP) is 1.61. The number of likely N-dealkylation sites (N-methyl/N-ethyl adjacent to an activating group) is 1. The van der Waals surface area contributed by atoms with Crippen molar-refractivity contribution in [2.75, 3.05) is 7.05 Å². The van der Waals surface area contributed by atoms with Crippen LogP contribution in [0.3, 0.4) is 0 Å².